The number of para-hydroxylation sites is 1. The first-order valence-electron chi connectivity index (χ1n) is 13.5. The first kappa shape index (κ1) is 26.6. The van der Waals surface area contributed by atoms with Gasteiger partial charge in [0.05, 0.1) is 25.0 Å². The van der Waals surface area contributed by atoms with E-state index in [4.69, 9.17) is 14.5 Å². The van der Waals surface area contributed by atoms with Gasteiger partial charge in [0.1, 0.15) is 35.4 Å². The maximum atomic E-state index is 12.2. The van der Waals surface area contributed by atoms with Gasteiger partial charge in [-0.1, -0.05) is 12.6 Å². The van der Waals surface area contributed by atoms with Gasteiger partial charge in [-0.2, -0.15) is 5.26 Å². The third-order valence-corrected chi connectivity index (χ3v) is 8.09. The van der Waals surface area contributed by atoms with Crippen molar-refractivity contribution in [1.82, 2.24) is 14.8 Å². The van der Waals surface area contributed by atoms with E-state index in [1.54, 1.807) is 24.1 Å². The van der Waals surface area contributed by atoms with E-state index in [1.807, 2.05) is 6.07 Å². The van der Waals surface area contributed by atoms with E-state index in [0.717, 1.165) is 36.3 Å². The number of pyridine rings is 1. The Kier molecular flexibility index (Phi) is 7.79. The van der Waals surface area contributed by atoms with Gasteiger partial charge in [0.25, 0.3) is 0 Å². The number of rotatable bonds is 7. The summed E-state index contributed by atoms with van der Waals surface area (Å²) in [7, 11) is 3.69. The molecule has 1 atom stereocenters. The van der Waals surface area contributed by atoms with Crippen LogP contribution in [0.1, 0.15) is 29.7 Å². The number of anilines is 2. The van der Waals surface area contributed by atoms with Crippen molar-refractivity contribution in [3.63, 3.8) is 0 Å². The van der Waals surface area contributed by atoms with Crippen molar-refractivity contribution in [2.24, 2.45) is 0 Å². The molecule has 1 unspecified atom stereocenters. The monoisotopic (exact) mass is 532 g/mol. The molecule has 0 spiro atoms. The summed E-state index contributed by atoms with van der Waals surface area (Å²) in [5.74, 6) is 1.01. The molecule has 3 aliphatic heterocycles. The number of piperazine rings is 1. The topological polar surface area (TPSA) is 105 Å². The van der Waals surface area contributed by atoms with Crippen LogP contribution in [-0.2, 0) is 17.8 Å². The molecule has 206 valence electrons. The number of methoxy groups -OCH3 is 1. The highest BCUT2D eigenvalue weighted by Gasteiger charge is 2.33. The lowest BCUT2D eigenvalue weighted by atomic mass is 9.97. The van der Waals surface area contributed by atoms with Crippen LogP contribution in [0.5, 0.6) is 17.4 Å². The SMILES string of the molecule is C=CC(=O)N1CCN(c2c(C#N)c(OCC3CCCN3C)nc3c2CCN(c2c(O)cccc2OC)C3)CC1. The number of carbonyl (C=O) groups excluding carboxylic acids is 1. The molecule has 0 aliphatic carbocycles. The highest BCUT2D eigenvalue weighted by atomic mass is 16.5. The quantitative estimate of drug-likeness (QED) is 0.539. The molecule has 1 amide bonds. The van der Waals surface area contributed by atoms with E-state index in [1.165, 1.54) is 6.08 Å². The van der Waals surface area contributed by atoms with E-state index in [9.17, 15) is 15.2 Å². The van der Waals surface area contributed by atoms with Crippen molar-refractivity contribution in [2.75, 3.05) is 69.8 Å². The molecule has 1 aromatic carbocycles. The first-order chi connectivity index (χ1) is 18.9. The van der Waals surface area contributed by atoms with Crippen LogP contribution in [0.4, 0.5) is 11.4 Å². The number of likely N-dealkylation sites (N-methyl/N-ethyl adjacent to an activating group) is 1. The summed E-state index contributed by atoms with van der Waals surface area (Å²) in [6.45, 7) is 8.49. The fourth-order valence-electron chi connectivity index (χ4n) is 5.92. The molecule has 2 aromatic rings. The minimum Gasteiger partial charge on any atom is -0.506 e. The molecule has 3 aliphatic rings. The molecular formula is C29H36N6O4. The van der Waals surface area contributed by atoms with Gasteiger partial charge >= 0.3 is 0 Å². The van der Waals surface area contributed by atoms with E-state index in [0.29, 0.717) is 75.2 Å². The Morgan fingerprint density at radius 1 is 1.21 bits per heavy atom. The number of phenols is 1. The number of fused-ring (bicyclic) bond motifs is 1. The number of phenolic OH excluding ortho intramolecular Hbond substituents is 1. The average Bonchev–Trinajstić information content (AvgIpc) is 3.38. The summed E-state index contributed by atoms with van der Waals surface area (Å²) in [6, 6.07) is 7.93. The number of hydrogen-bond acceptors (Lipinski definition) is 9. The molecular weight excluding hydrogens is 496 g/mol. The summed E-state index contributed by atoms with van der Waals surface area (Å²) in [4.78, 5) is 25.4. The van der Waals surface area contributed by atoms with Crippen molar-refractivity contribution in [2.45, 2.75) is 31.8 Å². The van der Waals surface area contributed by atoms with Crippen LogP contribution in [-0.4, -0.2) is 91.9 Å². The number of aromatic nitrogens is 1. The van der Waals surface area contributed by atoms with Gasteiger partial charge in [-0.3, -0.25) is 4.79 Å². The Labute approximate surface area is 229 Å². The zero-order chi connectivity index (χ0) is 27.5. The van der Waals surface area contributed by atoms with Gasteiger partial charge in [-0.15, -0.1) is 0 Å². The van der Waals surface area contributed by atoms with Crippen LogP contribution in [0.3, 0.4) is 0 Å². The number of benzene rings is 1. The predicted octanol–water partition coefficient (Wildman–Crippen LogP) is 2.54. The third kappa shape index (κ3) is 5.19. The van der Waals surface area contributed by atoms with Crippen LogP contribution < -0.4 is 19.3 Å². The molecule has 0 saturated carbocycles. The fourth-order valence-corrected chi connectivity index (χ4v) is 5.92. The van der Waals surface area contributed by atoms with Gasteiger partial charge < -0.3 is 34.2 Å². The summed E-state index contributed by atoms with van der Waals surface area (Å²) in [6.07, 6.45) is 4.17. The highest BCUT2D eigenvalue weighted by molar-refractivity contribution is 5.87. The minimum absolute atomic E-state index is 0.0797. The second kappa shape index (κ2) is 11.4. The predicted molar refractivity (Wildman–Crippen MR) is 149 cm³/mol. The number of carbonyl (C=O) groups is 1. The minimum atomic E-state index is -0.0797. The van der Waals surface area contributed by atoms with Crippen LogP contribution >= 0.6 is 0 Å². The van der Waals surface area contributed by atoms with E-state index in [2.05, 4.69) is 34.4 Å². The van der Waals surface area contributed by atoms with E-state index in [-0.39, 0.29) is 17.7 Å². The number of aromatic hydroxyl groups is 1. The first-order valence-corrected chi connectivity index (χ1v) is 13.5. The summed E-state index contributed by atoms with van der Waals surface area (Å²) in [5.41, 5.74) is 3.77. The number of ether oxygens (including phenoxy) is 2. The summed E-state index contributed by atoms with van der Waals surface area (Å²) < 4.78 is 11.8. The van der Waals surface area contributed by atoms with Crippen LogP contribution in [0.25, 0.3) is 0 Å². The largest absolute Gasteiger partial charge is 0.506 e. The van der Waals surface area contributed by atoms with Gasteiger partial charge in [0.2, 0.25) is 11.8 Å². The van der Waals surface area contributed by atoms with Gasteiger partial charge in [0.15, 0.2) is 0 Å². The molecule has 2 fully saturated rings. The Bertz CT molecular complexity index is 1280. The maximum Gasteiger partial charge on any atom is 0.246 e. The second-order valence-corrected chi connectivity index (χ2v) is 10.3. The van der Waals surface area contributed by atoms with Crippen LogP contribution in [0, 0.1) is 11.3 Å². The Morgan fingerprint density at radius 2 is 2.00 bits per heavy atom. The molecule has 5 rings (SSSR count). The molecule has 1 aromatic heterocycles. The van der Waals surface area contributed by atoms with E-state index >= 15 is 0 Å². The molecule has 1 N–H and O–H groups in total. The van der Waals surface area contributed by atoms with Crippen LogP contribution in [0.2, 0.25) is 0 Å². The zero-order valence-corrected chi connectivity index (χ0v) is 22.7. The van der Waals surface area contributed by atoms with Crippen molar-refractivity contribution in [1.29, 1.82) is 5.26 Å². The fraction of sp³-hybridized carbons (Fsp3) is 0.483. The lowest BCUT2D eigenvalue weighted by Crippen LogP contribution is -2.49. The molecule has 39 heavy (non-hydrogen) atoms. The Morgan fingerprint density at radius 3 is 2.67 bits per heavy atom. The molecule has 0 radical (unpaired) electrons. The number of likely N-dealkylation sites (tertiary alicyclic amines) is 1. The molecule has 0 bridgehead atoms. The van der Waals surface area contributed by atoms with Crippen molar-refractivity contribution >= 4 is 17.3 Å². The standard InChI is InChI=1S/C29H36N6O4/c1-4-26(37)33-13-15-34(16-14-33)27-21-10-12-35(28-24(36)8-5-9-25(28)38-3)18-23(21)31-29(22(27)17-30)39-19-20-7-6-11-32(20)2/h4-5,8-9,20,36H,1,6-7,10-16,18-19H2,2-3H3. The molecule has 10 nitrogen and oxygen atoms in total. The number of nitriles is 1. The lowest BCUT2D eigenvalue weighted by Gasteiger charge is -2.39. The van der Waals surface area contributed by atoms with Crippen molar-refractivity contribution in [3.8, 4) is 23.4 Å². The van der Waals surface area contributed by atoms with Gasteiger partial charge in [0, 0.05) is 44.3 Å². The number of hydrogen-bond donors (Lipinski definition) is 1. The van der Waals surface area contributed by atoms with Crippen molar-refractivity contribution < 1.29 is 19.4 Å². The molecule has 2 saturated heterocycles. The number of amides is 1. The van der Waals surface area contributed by atoms with Gasteiger partial charge in [-0.25, -0.2) is 4.98 Å². The highest BCUT2D eigenvalue weighted by Crippen LogP contribution is 2.42. The zero-order valence-electron chi connectivity index (χ0n) is 22.7. The Hall–Kier alpha value is -3.97. The van der Waals surface area contributed by atoms with Crippen molar-refractivity contribution in [3.05, 3.63) is 47.7 Å². The van der Waals surface area contributed by atoms with Crippen LogP contribution in [0.15, 0.2) is 30.9 Å². The number of nitrogens with zero attached hydrogens (tertiary/aromatic N) is 6. The summed E-state index contributed by atoms with van der Waals surface area (Å²) in [5, 5.41) is 21.0. The van der Waals surface area contributed by atoms with E-state index < -0.39 is 0 Å². The smallest absolute Gasteiger partial charge is 0.246 e. The molecule has 4 heterocycles. The summed E-state index contributed by atoms with van der Waals surface area (Å²) >= 11 is 0. The average molecular weight is 533 g/mol. The third-order valence-electron chi connectivity index (χ3n) is 8.09. The maximum absolute atomic E-state index is 12.2. The Balaban J connectivity index is 1.51. The van der Waals surface area contributed by atoms with Gasteiger partial charge in [-0.05, 0) is 51.1 Å². The normalized spacial score (nSPS) is 19.4. The second-order valence-electron chi connectivity index (χ2n) is 10.3. The molecule has 10 heteroatoms. The lowest BCUT2D eigenvalue weighted by molar-refractivity contribution is -0.126.